The molecule has 0 spiro atoms. The summed E-state index contributed by atoms with van der Waals surface area (Å²) in [5, 5.41) is 9.95. The smallest absolute Gasteiger partial charge is 0.276 e. The maximum Gasteiger partial charge on any atom is 0.276 e. The summed E-state index contributed by atoms with van der Waals surface area (Å²) < 4.78 is 14.3. The molecule has 0 unspecified atom stereocenters. The molecule has 0 aliphatic heterocycles. The van der Waals surface area contributed by atoms with Gasteiger partial charge in [-0.1, -0.05) is 34.1 Å². The zero-order valence-corrected chi connectivity index (χ0v) is 11.7. The second-order valence-corrected chi connectivity index (χ2v) is 5.11. The third-order valence-electron chi connectivity index (χ3n) is 2.86. The molecule has 4 nitrogen and oxygen atoms in total. The Balaban J connectivity index is 1.93. The monoisotopic (exact) mass is 333 g/mol. The Bertz CT molecular complexity index is 800. The average molecular weight is 334 g/mol. The molecule has 6 heteroatoms. The molecule has 20 heavy (non-hydrogen) atoms. The summed E-state index contributed by atoms with van der Waals surface area (Å²) >= 11 is 3.16. The minimum atomic E-state index is -0.507. The van der Waals surface area contributed by atoms with E-state index in [1.165, 1.54) is 12.1 Å². The number of carbonyl (C=O) groups excluding carboxylic acids is 1. The maximum absolute atomic E-state index is 13.7. The van der Waals surface area contributed by atoms with Crippen molar-refractivity contribution >= 4 is 38.4 Å². The lowest BCUT2D eigenvalue weighted by Gasteiger charge is -2.05. The number of amides is 1. The molecule has 0 saturated carbocycles. The summed E-state index contributed by atoms with van der Waals surface area (Å²) in [5.41, 5.74) is 1.11. The van der Waals surface area contributed by atoms with E-state index in [0.29, 0.717) is 9.86 Å². The van der Waals surface area contributed by atoms with Crippen LogP contribution in [0.15, 0.2) is 46.9 Å². The van der Waals surface area contributed by atoms with Crippen LogP contribution in [-0.2, 0) is 0 Å². The molecule has 100 valence electrons. The number of hydrogen-bond donors (Lipinski definition) is 2. The van der Waals surface area contributed by atoms with Gasteiger partial charge in [-0.05, 0) is 24.3 Å². The molecule has 0 fully saturated rings. The van der Waals surface area contributed by atoms with Gasteiger partial charge in [0.2, 0.25) is 0 Å². The number of aromatic amines is 1. The Labute approximate surface area is 122 Å². The highest BCUT2D eigenvalue weighted by atomic mass is 79.9. The summed E-state index contributed by atoms with van der Waals surface area (Å²) in [6.45, 7) is 0. The maximum atomic E-state index is 13.7. The highest BCUT2D eigenvalue weighted by Crippen LogP contribution is 2.21. The molecule has 3 aromatic rings. The van der Waals surface area contributed by atoms with E-state index in [9.17, 15) is 9.18 Å². The van der Waals surface area contributed by atoms with Crippen molar-refractivity contribution in [2.75, 3.05) is 5.32 Å². The van der Waals surface area contributed by atoms with Gasteiger partial charge >= 0.3 is 0 Å². The number of benzene rings is 2. The lowest BCUT2D eigenvalue weighted by atomic mass is 10.2. The molecule has 1 aromatic heterocycles. The standard InChI is InChI=1S/C14H9BrFN3O/c15-8-5-6-12(10(16)7-8)17-14(20)13-9-3-1-2-4-11(9)18-19-13/h1-7H,(H,17,20)(H,18,19). The van der Waals surface area contributed by atoms with Crippen LogP contribution in [0.5, 0.6) is 0 Å². The van der Waals surface area contributed by atoms with Gasteiger partial charge in [-0.2, -0.15) is 5.10 Å². The van der Waals surface area contributed by atoms with E-state index in [0.717, 1.165) is 5.52 Å². The van der Waals surface area contributed by atoms with Crippen molar-refractivity contribution in [2.24, 2.45) is 0 Å². The number of para-hydroxylation sites is 1. The van der Waals surface area contributed by atoms with Crippen LogP contribution in [0, 0.1) is 5.82 Å². The van der Waals surface area contributed by atoms with Crippen molar-refractivity contribution in [1.29, 1.82) is 0 Å². The van der Waals surface area contributed by atoms with Crippen molar-refractivity contribution < 1.29 is 9.18 Å². The van der Waals surface area contributed by atoms with Gasteiger partial charge in [-0.3, -0.25) is 9.89 Å². The van der Waals surface area contributed by atoms with E-state index in [1.54, 1.807) is 12.1 Å². The van der Waals surface area contributed by atoms with Crippen LogP contribution in [0.1, 0.15) is 10.5 Å². The first-order chi connectivity index (χ1) is 9.65. The first kappa shape index (κ1) is 12.8. The van der Waals surface area contributed by atoms with Crippen LogP contribution in [0.25, 0.3) is 10.9 Å². The Morgan fingerprint density at radius 1 is 1.25 bits per heavy atom. The van der Waals surface area contributed by atoms with E-state index < -0.39 is 11.7 Å². The minimum absolute atomic E-state index is 0.116. The Morgan fingerprint density at radius 2 is 2.05 bits per heavy atom. The number of nitrogens with one attached hydrogen (secondary N) is 2. The Morgan fingerprint density at radius 3 is 2.85 bits per heavy atom. The predicted octanol–water partition coefficient (Wildman–Crippen LogP) is 3.72. The van der Waals surface area contributed by atoms with Crippen molar-refractivity contribution in [3.05, 3.63) is 58.4 Å². The second kappa shape index (κ2) is 5.05. The average Bonchev–Trinajstić information content (AvgIpc) is 2.86. The molecule has 0 radical (unpaired) electrons. The third kappa shape index (κ3) is 2.30. The van der Waals surface area contributed by atoms with Crippen LogP contribution in [0.2, 0.25) is 0 Å². The number of halogens is 2. The van der Waals surface area contributed by atoms with Gasteiger partial charge in [0.25, 0.3) is 5.91 Å². The first-order valence-corrected chi connectivity index (χ1v) is 6.64. The first-order valence-electron chi connectivity index (χ1n) is 5.84. The molecular formula is C14H9BrFN3O. The number of aromatic nitrogens is 2. The zero-order valence-electron chi connectivity index (χ0n) is 10.2. The number of carbonyl (C=O) groups is 1. The molecule has 0 aliphatic rings. The van der Waals surface area contributed by atoms with E-state index >= 15 is 0 Å². The zero-order chi connectivity index (χ0) is 14.1. The molecule has 1 amide bonds. The van der Waals surface area contributed by atoms with E-state index in [4.69, 9.17) is 0 Å². The highest BCUT2D eigenvalue weighted by molar-refractivity contribution is 9.10. The van der Waals surface area contributed by atoms with E-state index in [2.05, 4.69) is 31.4 Å². The predicted molar refractivity (Wildman–Crippen MR) is 78.1 cm³/mol. The van der Waals surface area contributed by atoms with Crippen LogP contribution in [0.3, 0.4) is 0 Å². The van der Waals surface area contributed by atoms with Crippen molar-refractivity contribution in [1.82, 2.24) is 10.2 Å². The van der Waals surface area contributed by atoms with Gasteiger partial charge in [0.15, 0.2) is 5.69 Å². The van der Waals surface area contributed by atoms with Gasteiger partial charge in [0, 0.05) is 9.86 Å². The van der Waals surface area contributed by atoms with Crippen molar-refractivity contribution in [3.63, 3.8) is 0 Å². The van der Waals surface area contributed by atoms with Crippen molar-refractivity contribution in [3.8, 4) is 0 Å². The molecule has 0 aliphatic carbocycles. The minimum Gasteiger partial charge on any atom is -0.318 e. The topological polar surface area (TPSA) is 57.8 Å². The fourth-order valence-electron chi connectivity index (χ4n) is 1.91. The Hall–Kier alpha value is -2.21. The number of H-pyrrole nitrogens is 1. The van der Waals surface area contributed by atoms with Gasteiger partial charge in [0.1, 0.15) is 5.82 Å². The molecule has 0 saturated heterocycles. The molecular weight excluding hydrogens is 325 g/mol. The normalized spacial score (nSPS) is 10.7. The quantitative estimate of drug-likeness (QED) is 0.750. The summed E-state index contributed by atoms with van der Waals surface area (Å²) in [6, 6.07) is 11.7. The summed E-state index contributed by atoms with van der Waals surface area (Å²) in [5.74, 6) is -0.962. The third-order valence-corrected chi connectivity index (χ3v) is 3.36. The van der Waals surface area contributed by atoms with E-state index in [1.807, 2.05) is 18.2 Å². The number of fused-ring (bicyclic) bond motifs is 1. The largest absolute Gasteiger partial charge is 0.318 e. The summed E-state index contributed by atoms with van der Waals surface area (Å²) in [6.07, 6.45) is 0. The van der Waals surface area contributed by atoms with Gasteiger partial charge in [-0.25, -0.2) is 4.39 Å². The molecule has 0 atom stereocenters. The number of rotatable bonds is 2. The van der Waals surface area contributed by atoms with Crippen LogP contribution < -0.4 is 5.32 Å². The molecule has 2 aromatic carbocycles. The fraction of sp³-hybridized carbons (Fsp3) is 0. The molecule has 1 heterocycles. The van der Waals surface area contributed by atoms with Crippen LogP contribution in [0.4, 0.5) is 10.1 Å². The van der Waals surface area contributed by atoms with Crippen molar-refractivity contribution in [2.45, 2.75) is 0 Å². The summed E-state index contributed by atoms with van der Waals surface area (Å²) in [4.78, 5) is 12.2. The van der Waals surface area contributed by atoms with Gasteiger partial charge < -0.3 is 5.32 Å². The molecule has 0 bridgehead atoms. The van der Waals surface area contributed by atoms with Gasteiger partial charge in [0.05, 0.1) is 11.2 Å². The van der Waals surface area contributed by atoms with Crippen LogP contribution >= 0.6 is 15.9 Å². The number of hydrogen-bond acceptors (Lipinski definition) is 2. The number of nitrogens with zero attached hydrogens (tertiary/aromatic N) is 1. The molecule has 3 rings (SSSR count). The lowest BCUT2D eigenvalue weighted by molar-refractivity contribution is 0.102. The SMILES string of the molecule is O=C(Nc1ccc(Br)cc1F)c1n[nH]c2ccccc12. The van der Waals surface area contributed by atoms with E-state index in [-0.39, 0.29) is 11.4 Å². The fourth-order valence-corrected chi connectivity index (χ4v) is 2.24. The highest BCUT2D eigenvalue weighted by Gasteiger charge is 2.15. The second-order valence-electron chi connectivity index (χ2n) is 4.20. The molecule has 2 N–H and O–H groups in total. The summed E-state index contributed by atoms with van der Waals surface area (Å²) in [7, 11) is 0. The van der Waals surface area contributed by atoms with Gasteiger partial charge in [-0.15, -0.1) is 0 Å². The van der Waals surface area contributed by atoms with Crippen LogP contribution in [-0.4, -0.2) is 16.1 Å². The Kier molecular flexibility index (Phi) is 3.23. The lowest BCUT2D eigenvalue weighted by Crippen LogP contribution is -2.13. The number of anilines is 1.